The molecule has 10 atom stereocenters. The summed E-state index contributed by atoms with van der Waals surface area (Å²) < 4.78 is 0. The Morgan fingerprint density at radius 2 is 1.25 bits per heavy atom. The second-order valence-corrected chi connectivity index (χ2v) is 27.3. The number of likely N-dealkylation sites (N-methyl/N-ethyl adjacent to an activating group) is 1. The highest BCUT2D eigenvalue weighted by atomic mass is 35.5. The number of unbranched alkanes of at least 4 members (excludes halogenated alkanes) is 2. The average Bonchev–Trinajstić information content (AvgIpc) is 0.854. The lowest BCUT2D eigenvalue weighted by Gasteiger charge is -2.44. The smallest absolute Gasteiger partial charge is 0.270 e. The second-order valence-electron chi connectivity index (χ2n) is 26.9. The molecule has 16 N–H and O–H groups in total. The van der Waals surface area contributed by atoms with E-state index in [-0.39, 0.29) is 79.6 Å². The number of hydrogen-bond donors (Lipinski definition) is 12. The van der Waals surface area contributed by atoms with E-state index in [1.54, 1.807) is 74.5 Å². The molecule has 6 rings (SSSR count). The van der Waals surface area contributed by atoms with E-state index in [4.69, 9.17) is 34.5 Å². The Morgan fingerprint density at radius 3 is 1.87 bits per heavy atom. The van der Waals surface area contributed by atoms with E-state index in [2.05, 4.69) is 36.9 Å². The molecule has 0 aliphatic carbocycles. The summed E-state index contributed by atoms with van der Waals surface area (Å²) in [5.74, 6) is -14.7. The Kier molecular flexibility index (Phi) is 31.8. The predicted octanol–water partition coefficient (Wildman–Crippen LogP) is 2.28. The maximum Gasteiger partial charge on any atom is 0.270 e. The van der Waals surface area contributed by atoms with Crippen LogP contribution < -0.4 is 54.8 Å². The number of ketones is 1. The monoisotopic (exact) mass is 1430 g/mol. The summed E-state index contributed by atoms with van der Waals surface area (Å²) in [6, 6.07) is 12.9. The lowest BCUT2D eigenvalue weighted by Crippen LogP contribution is -2.74. The number of phenols is 1. The quantitative estimate of drug-likeness (QED) is 0.0199. The summed E-state index contributed by atoms with van der Waals surface area (Å²) in [6.07, 6.45) is 3.27. The molecule has 28 heteroatoms. The number of Topliss-reactive ketones (excluding diaryl/α,β-unsaturated/α-hetero) is 1. The fraction of sp³-hybridized carbons (Fsp3) is 0.486. The first-order valence-corrected chi connectivity index (χ1v) is 35.1. The number of halogens is 1. The van der Waals surface area contributed by atoms with Crippen LogP contribution in [0.4, 0.5) is 0 Å². The van der Waals surface area contributed by atoms with Gasteiger partial charge in [0.1, 0.15) is 29.9 Å². The topological polar surface area (TPSA) is 427 Å². The standard InChI is InChI=1S/C74H101ClN14O13/c1-44(2)36-61(85-66(95)58(20-10-12-32-76)84-67(96)60(80-7)40-48-25-30-54(92)31-26-48)70(99)88(71(100)62(43-90)86-65(94)56(78)39-50-16-14-33-81-42-50)73(102)74(6,64(93)59(83-46(5)91)41-49-22-27-51-17-8-9-18-52(51)37-49)89(69(98)57(79)38-47-23-28-53(75)29-24-47)72(101)63-21-15-35-87(63)68(97)55(77)19-11-13-34-82-45(3)4/h8-9,14,16-18,22-31,33,37,42,44-45,55-63,80,82,90,92H,10-13,15,19-21,32,34-36,38-41,43,76-79H2,1-7H3,(H,83,91)(H,84,96)(H,85,95)(H,86,94)/t55-,56+,57+,58+,59+,60-,61-,62-,63-,74-/m0/s1. The van der Waals surface area contributed by atoms with Gasteiger partial charge in [0.25, 0.3) is 23.6 Å². The molecule has 1 aliphatic heterocycles. The number of aliphatic hydroxyl groups is 1. The Hall–Kier alpha value is -8.93. The summed E-state index contributed by atoms with van der Waals surface area (Å²) in [5.41, 5.74) is 24.1. The van der Waals surface area contributed by atoms with Crippen molar-refractivity contribution in [2.45, 2.75) is 191 Å². The lowest BCUT2D eigenvalue weighted by molar-refractivity contribution is -0.174. The number of nitrogens with two attached hydrogens (primary N) is 4. The van der Waals surface area contributed by atoms with Crippen LogP contribution in [0.25, 0.3) is 10.8 Å². The fourth-order valence-electron chi connectivity index (χ4n) is 12.4. The second kappa shape index (κ2) is 39.5. The van der Waals surface area contributed by atoms with Crippen LogP contribution >= 0.6 is 11.6 Å². The highest BCUT2D eigenvalue weighted by molar-refractivity contribution is 6.30. The number of carbonyl (C=O) groups excluding carboxylic acids is 11. The van der Waals surface area contributed by atoms with Gasteiger partial charge in [0.15, 0.2) is 11.3 Å². The molecular weight excluding hydrogens is 1330 g/mol. The number of aliphatic hydroxyl groups excluding tert-OH is 1. The molecule has 1 aromatic heterocycles. The van der Waals surface area contributed by atoms with E-state index < -0.39 is 157 Å². The van der Waals surface area contributed by atoms with Crippen LogP contribution in [-0.4, -0.2) is 194 Å². The highest BCUT2D eigenvalue weighted by Crippen LogP contribution is 2.32. The lowest BCUT2D eigenvalue weighted by atomic mass is 9.83. The molecule has 1 fully saturated rings. The van der Waals surface area contributed by atoms with E-state index >= 15 is 33.6 Å². The van der Waals surface area contributed by atoms with Crippen molar-refractivity contribution in [2.75, 3.05) is 33.3 Å². The summed E-state index contributed by atoms with van der Waals surface area (Å²) in [6.45, 7) is 8.41. The number of aromatic nitrogens is 1. The molecule has 0 bridgehead atoms. The number of amides is 10. The summed E-state index contributed by atoms with van der Waals surface area (Å²) in [5, 5.41) is 39.6. The fourth-order valence-corrected chi connectivity index (χ4v) is 12.5. The number of nitrogens with one attached hydrogen (secondary N) is 6. The Morgan fingerprint density at radius 1 is 0.647 bits per heavy atom. The van der Waals surface area contributed by atoms with Gasteiger partial charge in [-0.3, -0.25) is 62.6 Å². The molecule has 4 aromatic carbocycles. The van der Waals surface area contributed by atoms with Crippen molar-refractivity contribution in [3.8, 4) is 5.75 Å². The van der Waals surface area contributed by atoms with Crippen LogP contribution in [0.3, 0.4) is 0 Å². The normalized spacial score (nSPS) is 15.9. The predicted molar refractivity (Wildman–Crippen MR) is 386 cm³/mol. The van der Waals surface area contributed by atoms with Crippen molar-refractivity contribution in [1.29, 1.82) is 0 Å². The Balaban J connectivity index is 1.62. The molecule has 27 nitrogen and oxygen atoms in total. The zero-order valence-electron chi connectivity index (χ0n) is 59.2. The number of imide groups is 4. The van der Waals surface area contributed by atoms with Gasteiger partial charge in [0.2, 0.25) is 35.4 Å². The average molecular weight is 1430 g/mol. The molecule has 0 spiro atoms. The molecule has 0 radical (unpaired) electrons. The number of nitrogens with zero attached hydrogens (tertiary/aromatic N) is 4. The van der Waals surface area contributed by atoms with Gasteiger partial charge in [0, 0.05) is 36.9 Å². The molecule has 2 heterocycles. The van der Waals surface area contributed by atoms with Gasteiger partial charge >= 0.3 is 0 Å². The van der Waals surface area contributed by atoms with E-state index in [0.717, 1.165) is 24.1 Å². The van der Waals surface area contributed by atoms with Crippen molar-refractivity contribution < 1.29 is 63.0 Å². The summed E-state index contributed by atoms with van der Waals surface area (Å²) >= 11 is 6.29. The first-order valence-electron chi connectivity index (χ1n) is 34.7. The zero-order chi connectivity index (χ0) is 75.0. The molecule has 0 unspecified atom stereocenters. The van der Waals surface area contributed by atoms with Gasteiger partial charge in [-0.15, -0.1) is 0 Å². The summed E-state index contributed by atoms with van der Waals surface area (Å²) in [4.78, 5) is 177. The third kappa shape index (κ3) is 22.8. The number of pyridine rings is 1. The molecule has 552 valence electrons. The van der Waals surface area contributed by atoms with Crippen molar-refractivity contribution in [2.24, 2.45) is 28.9 Å². The number of phenolic OH excluding ortho intramolecular Hbond substituents is 1. The molecule has 5 aromatic rings. The van der Waals surface area contributed by atoms with Crippen LogP contribution in [0, 0.1) is 5.92 Å². The Labute approximate surface area is 600 Å². The minimum Gasteiger partial charge on any atom is -0.508 e. The molecule has 1 saturated heterocycles. The number of hydrogen-bond acceptors (Lipinski definition) is 20. The zero-order valence-corrected chi connectivity index (χ0v) is 60.0. The minimum atomic E-state index is -3.56. The number of benzene rings is 4. The molecular formula is C74H101ClN14O13. The summed E-state index contributed by atoms with van der Waals surface area (Å²) in [7, 11) is 1.52. The van der Waals surface area contributed by atoms with E-state index in [0.29, 0.717) is 58.5 Å². The van der Waals surface area contributed by atoms with Crippen LogP contribution in [0.5, 0.6) is 5.75 Å². The van der Waals surface area contributed by atoms with Gasteiger partial charge < -0.3 is 69.9 Å². The van der Waals surface area contributed by atoms with Gasteiger partial charge in [-0.25, -0.2) is 4.90 Å². The first-order chi connectivity index (χ1) is 48.5. The number of carbonyl (C=O) groups is 11. The third-order valence-electron chi connectivity index (χ3n) is 17.9. The van der Waals surface area contributed by atoms with Crippen LogP contribution in [0.15, 0.2) is 116 Å². The van der Waals surface area contributed by atoms with Gasteiger partial charge in [-0.2, -0.15) is 0 Å². The SMILES string of the molecule is CN[C@@H](Cc1ccc(O)cc1)C(=O)N[C@H](CCCCN)C(=O)N[C@@H](CC(C)C)C(=O)N(C(=O)[C@H](CO)NC(=O)[C@H](N)Cc1cccnc1)C(=O)[C@](C)(C(=O)[C@@H](Cc1ccc2ccccc2c1)NC(C)=O)N(C(=O)[C@H](N)Cc1ccc(Cl)cc1)C(=O)[C@@H]1CCCN1C(=O)[C@@H](N)CCCCNC(C)C. The number of rotatable bonds is 38. The van der Waals surface area contributed by atoms with E-state index in [1.807, 2.05) is 19.9 Å². The van der Waals surface area contributed by atoms with Crippen LogP contribution in [-0.2, 0) is 78.4 Å². The van der Waals surface area contributed by atoms with Gasteiger partial charge in [0.05, 0.1) is 36.8 Å². The highest BCUT2D eigenvalue weighted by Gasteiger charge is 2.60. The molecule has 0 saturated carbocycles. The number of likely N-dealkylation sites (tertiary alicyclic amines) is 1. The van der Waals surface area contributed by atoms with Gasteiger partial charge in [-0.1, -0.05) is 119 Å². The van der Waals surface area contributed by atoms with Crippen molar-refractivity contribution in [3.05, 3.63) is 143 Å². The minimum absolute atomic E-state index is 0.0107. The van der Waals surface area contributed by atoms with Gasteiger partial charge in [-0.05, 0) is 173 Å². The Bertz CT molecular complexity index is 3700. The van der Waals surface area contributed by atoms with Crippen LogP contribution in [0.1, 0.15) is 122 Å². The maximum atomic E-state index is 17.2. The molecule has 1 aliphatic rings. The third-order valence-corrected chi connectivity index (χ3v) is 18.2. The van der Waals surface area contributed by atoms with E-state index in [9.17, 15) is 29.4 Å². The van der Waals surface area contributed by atoms with Crippen molar-refractivity contribution in [3.63, 3.8) is 0 Å². The number of aromatic hydroxyl groups is 1. The molecule has 10 amide bonds. The van der Waals surface area contributed by atoms with Crippen LogP contribution in [0.2, 0.25) is 5.02 Å². The largest absolute Gasteiger partial charge is 0.508 e. The maximum absolute atomic E-state index is 17.2. The van der Waals surface area contributed by atoms with Crippen molar-refractivity contribution >= 4 is 87.2 Å². The molecule has 102 heavy (non-hydrogen) atoms. The van der Waals surface area contributed by atoms with Crippen molar-refractivity contribution in [1.82, 2.24) is 51.6 Å². The van der Waals surface area contributed by atoms with E-state index in [1.165, 1.54) is 55.8 Å². The first kappa shape index (κ1) is 82.0. The number of fused-ring (bicyclic) bond motifs is 1.